The Morgan fingerprint density at radius 1 is 1.39 bits per heavy atom. The molecule has 0 radical (unpaired) electrons. The van der Waals surface area contributed by atoms with Crippen LogP contribution in [0.15, 0.2) is 40.2 Å². The van der Waals surface area contributed by atoms with Gasteiger partial charge in [0, 0.05) is 17.7 Å². The summed E-state index contributed by atoms with van der Waals surface area (Å²) in [5.41, 5.74) is 8.27. The van der Waals surface area contributed by atoms with E-state index < -0.39 is 24.3 Å². The van der Waals surface area contributed by atoms with E-state index in [1.54, 1.807) is 13.8 Å². The Morgan fingerprint density at radius 2 is 2.00 bits per heavy atom. The first-order valence-electron chi connectivity index (χ1n) is 7.21. The lowest BCUT2D eigenvalue weighted by molar-refractivity contribution is -0.139. The largest absolute Gasteiger partial charge is 0.456 e. The average Bonchev–Trinajstić information content (AvgIpc) is 2.48. The summed E-state index contributed by atoms with van der Waals surface area (Å²) in [6.45, 7) is 8.92. The van der Waals surface area contributed by atoms with Crippen molar-refractivity contribution < 1.29 is 24.9 Å². The molecule has 0 aromatic rings. The predicted octanol–water partition coefficient (Wildman–Crippen LogP) is 0.170. The van der Waals surface area contributed by atoms with E-state index in [4.69, 9.17) is 10.5 Å². The number of aliphatic hydroxyl groups excluding tert-OH is 3. The fourth-order valence-electron chi connectivity index (χ4n) is 1.86. The highest BCUT2D eigenvalue weighted by molar-refractivity contribution is 5.97. The Morgan fingerprint density at radius 3 is 2.52 bits per heavy atom. The average molecular weight is 324 g/mol. The number of aliphatic hydroxyl groups is 3. The van der Waals surface area contributed by atoms with Gasteiger partial charge in [0.2, 0.25) is 0 Å². The zero-order valence-corrected chi connectivity index (χ0v) is 13.6. The molecule has 7 heteroatoms. The van der Waals surface area contributed by atoms with Crippen molar-refractivity contribution in [2.75, 3.05) is 6.61 Å². The molecule has 1 aliphatic rings. The highest BCUT2D eigenvalue weighted by Crippen LogP contribution is 2.20. The first kappa shape index (κ1) is 19.1. The molecule has 0 amide bonds. The van der Waals surface area contributed by atoms with Crippen molar-refractivity contribution in [1.82, 2.24) is 0 Å². The Labute approximate surface area is 135 Å². The van der Waals surface area contributed by atoms with Crippen LogP contribution in [0.25, 0.3) is 0 Å². The molecule has 3 unspecified atom stereocenters. The summed E-state index contributed by atoms with van der Waals surface area (Å²) in [4.78, 5) is 16.2. The van der Waals surface area contributed by atoms with Crippen molar-refractivity contribution in [1.29, 1.82) is 0 Å². The SMILES string of the molecule is C=C(C)C(C)=N/C(C)=C(\N)COC(=O)C1=CC(O)C(O)C(O)C1. The minimum Gasteiger partial charge on any atom is -0.456 e. The summed E-state index contributed by atoms with van der Waals surface area (Å²) in [6, 6.07) is 0. The zero-order chi connectivity index (χ0) is 17.7. The third-order valence-corrected chi connectivity index (χ3v) is 3.58. The van der Waals surface area contributed by atoms with Gasteiger partial charge in [-0.2, -0.15) is 0 Å². The van der Waals surface area contributed by atoms with E-state index in [0.29, 0.717) is 5.70 Å². The van der Waals surface area contributed by atoms with Crippen LogP contribution in [0.1, 0.15) is 27.2 Å². The van der Waals surface area contributed by atoms with E-state index in [9.17, 15) is 20.1 Å². The van der Waals surface area contributed by atoms with Crippen LogP contribution in [-0.4, -0.2) is 51.9 Å². The number of nitrogens with two attached hydrogens (primary N) is 1. The number of allylic oxidation sites excluding steroid dienone is 2. The molecular weight excluding hydrogens is 300 g/mol. The zero-order valence-electron chi connectivity index (χ0n) is 13.6. The summed E-state index contributed by atoms with van der Waals surface area (Å²) in [5, 5.41) is 28.5. The lowest BCUT2D eigenvalue weighted by atomic mass is 9.92. The number of carbonyl (C=O) groups excluding carboxylic acids is 1. The number of ether oxygens (including phenoxy) is 1. The second-order valence-corrected chi connectivity index (χ2v) is 5.61. The lowest BCUT2D eigenvalue weighted by Crippen LogP contribution is -2.41. The standard InChI is InChI=1S/C16H24N2O5/c1-8(2)9(3)18-10(4)12(17)7-23-16(22)11-5-13(19)15(21)14(20)6-11/h5,13-15,19-21H,1,6-7,17H2,2-4H3/b12-10-,18-9?. The van der Waals surface area contributed by atoms with Gasteiger partial charge in [-0.3, -0.25) is 4.99 Å². The Bertz CT molecular complexity index is 577. The van der Waals surface area contributed by atoms with Crippen LogP contribution in [-0.2, 0) is 9.53 Å². The van der Waals surface area contributed by atoms with Crippen LogP contribution in [0.4, 0.5) is 0 Å². The van der Waals surface area contributed by atoms with E-state index in [1.165, 1.54) is 6.08 Å². The molecule has 0 fully saturated rings. The molecule has 0 saturated heterocycles. The van der Waals surface area contributed by atoms with Crippen molar-refractivity contribution >= 4 is 11.7 Å². The number of nitrogens with zero attached hydrogens (tertiary/aromatic N) is 1. The molecule has 1 aliphatic carbocycles. The van der Waals surface area contributed by atoms with Gasteiger partial charge < -0.3 is 25.8 Å². The fourth-order valence-corrected chi connectivity index (χ4v) is 1.86. The molecule has 0 aromatic carbocycles. The van der Waals surface area contributed by atoms with E-state index >= 15 is 0 Å². The fraction of sp³-hybridized carbons (Fsp3) is 0.500. The lowest BCUT2D eigenvalue weighted by Gasteiger charge is -2.26. The van der Waals surface area contributed by atoms with Gasteiger partial charge in [0.1, 0.15) is 18.8 Å². The second kappa shape index (κ2) is 8.05. The molecule has 23 heavy (non-hydrogen) atoms. The predicted molar refractivity (Wildman–Crippen MR) is 86.5 cm³/mol. The second-order valence-electron chi connectivity index (χ2n) is 5.61. The summed E-state index contributed by atoms with van der Waals surface area (Å²) in [7, 11) is 0. The van der Waals surface area contributed by atoms with Crippen molar-refractivity contribution in [3.05, 3.63) is 35.2 Å². The Hall–Kier alpha value is -1.96. The summed E-state index contributed by atoms with van der Waals surface area (Å²) < 4.78 is 5.05. The molecule has 0 saturated carbocycles. The Kier molecular flexibility index (Phi) is 6.68. The first-order chi connectivity index (χ1) is 10.6. The number of esters is 1. The summed E-state index contributed by atoms with van der Waals surface area (Å²) in [6.07, 6.45) is -2.74. The highest BCUT2D eigenvalue weighted by Gasteiger charge is 2.32. The Balaban J connectivity index is 2.71. The highest BCUT2D eigenvalue weighted by atomic mass is 16.5. The number of hydrogen-bond acceptors (Lipinski definition) is 7. The molecule has 5 N–H and O–H groups in total. The molecule has 0 heterocycles. The molecule has 7 nitrogen and oxygen atoms in total. The van der Waals surface area contributed by atoms with Crippen molar-refractivity contribution in [3.8, 4) is 0 Å². The van der Waals surface area contributed by atoms with Crippen LogP contribution in [0.5, 0.6) is 0 Å². The smallest absolute Gasteiger partial charge is 0.334 e. The molecule has 0 aromatic heterocycles. The maximum atomic E-state index is 11.9. The van der Waals surface area contributed by atoms with E-state index in [1.807, 2.05) is 6.92 Å². The third kappa shape index (κ3) is 5.31. The van der Waals surface area contributed by atoms with Gasteiger partial charge in [-0.1, -0.05) is 6.58 Å². The van der Waals surface area contributed by atoms with Crippen molar-refractivity contribution in [2.24, 2.45) is 10.7 Å². The molecular formula is C16H24N2O5. The molecule has 0 bridgehead atoms. The van der Waals surface area contributed by atoms with Gasteiger partial charge in [-0.15, -0.1) is 0 Å². The topological polar surface area (TPSA) is 125 Å². The van der Waals surface area contributed by atoms with E-state index in [2.05, 4.69) is 11.6 Å². The number of aliphatic imine (C=N–C) groups is 1. The molecule has 0 aliphatic heterocycles. The van der Waals surface area contributed by atoms with E-state index in [-0.39, 0.29) is 24.3 Å². The van der Waals surface area contributed by atoms with Gasteiger partial charge in [0.15, 0.2) is 0 Å². The minimum atomic E-state index is -1.31. The van der Waals surface area contributed by atoms with Crippen LogP contribution in [0, 0.1) is 0 Å². The summed E-state index contributed by atoms with van der Waals surface area (Å²) in [5.74, 6) is -0.702. The molecule has 1 rings (SSSR count). The van der Waals surface area contributed by atoms with Gasteiger partial charge in [0.25, 0.3) is 0 Å². The minimum absolute atomic E-state index is 0.0907. The molecule has 128 valence electrons. The first-order valence-corrected chi connectivity index (χ1v) is 7.21. The normalized spacial score (nSPS) is 26.3. The van der Waals surface area contributed by atoms with Gasteiger partial charge in [-0.05, 0) is 32.4 Å². The van der Waals surface area contributed by atoms with Crippen LogP contribution in [0.3, 0.4) is 0 Å². The maximum absolute atomic E-state index is 11.9. The summed E-state index contributed by atoms with van der Waals surface area (Å²) >= 11 is 0. The monoisotopic (exact) mass is 324 g/mol. The van der Waals surface area contributed by atoms with Crippen LogP contribution >= 0.6 is 0 Å². The van der Waals surface area contributed by atoms with E-state index in [0.717, 1.165) is 11.3 Å². The molecule has 0 spiro atoms. The van der Waals surface area contributed by atoms with Gasteiger partial charge in [0.05, 0.1) is 17.5 Å². The third-order valence-electron chi connectivity index (χ3n) is 3.58. The van der Waals surface area contributed by atoms with Gasteiger partial charge in [-0.25, -0.2) is 4.79 Å². The van der Waals surface area contributed by atoms with Crippen LogP contribution in [0.2, 0.25) is 0 Å². The van der Waals surface area contributed by atoms with Crippen LogP contribution < -0.4 is 5.73 Å². The quantitative estimate of drug-likeness (QED) is 0.422. The molecule has 3 atom stereocenters. The van der Waals surface area contributed by atoms with Gasteiger partial charge >= 0.3 is 5.97 Å². The van der Waals surface area contributed by atoms with Crippen molar-refractivity contribution in [3.63, 3.8) is 0 Å². The number of hydrogen-bond donors (Lipinski definition) is 4. The maximum Gasteiger partial charge on any atom is 0.334 e. The number of rotatable bonds is 5. The number of carbonyl (C=O) groups is 1. The van der Waals surface area contributed by atoms with Crippen molar-refractivity contribution in [2.45, 2.75) is 45.5 Å².